The molecule has 1 aliphatic heterocycles. The molecule has 1 aromatic carbocycles. The van der Waals surface area contributed by atoms with Gasteiger partial charge in [-0.1, -0.05) is 18.5 Å². The van der Waals surface area contributed by atoms with Crippen LogP contribution in [0.5, 0.6) is 0 Å². The van der Waals surface area contributed by atoms with Crippen LogP contribution in [0.15, 0.2) is 24.3 Å². The maximum Gasteiger partial charge on any atom is 0.325 e. The number of cyclic esters (lactones) is 1. The molecule has 25 heavy (non-hydrogen) atoms. The first-order valence-electron chi connectivity index (χ1n) is 8.41. The van der Waals surface area contributed by atoms with Gasteiger partial charge in [-0.3, -0.25) is 14.4 Å². The molecule has 1 aliphatic carbocycles. The minimum Gasteiger partial charge on any atom is -0.465 e. The van der Waals surface area contributed by atoms with Crippen molar-refractivity contribution in [2.24, 2.45) is 16.7 Å². The van der Waals surface area contributed by atoms with E-state index in [1.807, 2.05) is 6.92 Å². The van der Waals surface area contributed by atoms with Crippen LogP contribution in [0.3, 0.4) is 0 Å². The van der Waals surface area contributed by atoms with Crippen molar-refractivity contribution in [3.05, 3.63) is 34.9 Å². The van der Waals surface area contributed by atoms with E-state index >= 15 is 0 Å². The minimum atomic E-state index is -1.56. The number of carbonyl (C=O) groups is 3. The summed E-state index contributed by atoms with van der Waals surface area (Å²) in [6.45, 7) is 7.10. The number of esters is 2. The van der Waals surface area contributed by atoms with Crippen molar-refractivity contribution >= 4 is 29.3 Å². The normalized spacial score (nSPS) is 31.9. The molecule has 3 rings (SSSR count). The predicted molar refractivity (Wildman–Crippen MR) is 91.2 cm³/mol. The van der Waals surface area contributed by atoms with Gasteiger partial charge in [0.1, 0.15) is 5.60 Å². The maximum absolute atomic E-state index is 13.4. The fourth-order valence-corrected chi connectivity index (χ4v) is 4.89. The number of benzene rings is 1. The summed E-state index contributed by atoms with van der Waals surface area (Å²) < 4.78 is 10.6. The second kappa shape index (κ2) is 5.56. The molecule has 1 heterocycles. The van der Waals surface area contributed by atoms with Crippen molar-refractivity contribution in [3.63, 3.8) is 0 Å². The quantitative estimate of drug-likeness (QED) is 0.455. The van der Waals surface area contributed by atoms with E-state index in [0.717, 1.165) is 0 Å². The third kappa shape index (κ3) is 2.05. The van der Waals surface area contributed by atoms with Gasteiger partial charge in [0.2, 0.25) is 0 Å². The molecule has 6 heteroatoms. The summed E-state index contributed by atoms with van der Waals surface area (Å²) in [5.74, 6) is -2.12. The van der Waals surface area contributed by atoms with Crippen molar-refractivity contribution < 1.29 is 23.9 Å². The molecule has 1 aromatic rings. The standard InChI is InChI=1S/C19H21ClO5/c1-5-18(13(21)11-7-9-12(20)10-8-11)14-17(3,4)25-16(23)19(14,18)15(22)24-6-2/h7-10,14H,5-6H2,1-4H3/t14-,18-,19+/m1/s1. The molecule has 0 radical (unpaired) electrons. The zero-order valence-electron chi connectivity index (χ0n) is 14.7. The first kappa shape index (κ1) is 17.9. The highest BCUT2D eigenvalue weighted by molar-refractivity contribution is 6.30. The van der Waals surface area contributed by atoms with Gasteiger partial charge < -0.3 is 9.47 Å². The van der Waals surface area contributed by atoms with Crippen molar-refractivity contribution in [1.29, 1.82) is 0 Å². The van der Waals surface area contributed by atoms with Gasteiger partial charge >= 0.3 is 11.9 Å². The molecule has 2 fully saturated rings. The molecule has 2 aliphatic rings. The molecular weight excluding hydrogens is 344 g/mol. The topological polar surface area (TPSA) is 69.7 Å². The van der Waals surface area contributed by atoms with E-state index in [2.05, 4.69) is 0 Å². The second-order valence-electron chi connectivity index (χ2n) is 7.12. The summed E-state index contributed by atoms with van der Waals surface area (Å²) in [4.78, 5) is 38.9. The van der Waals surface area contributed by atoms with Crippen LogP contribution in [-0.2, 0) is 19.1 Å². The third-order valence-corrected chi connectivity index (χ3v) is 5.84. The lowest BCUT2D eigenvalue weighted by atomic mass is 9.81. The Hall–Kier alpha value is -1.88. The lowest BCUT2D eigenvalue weighted by Crippen LogP contribution is -2.40. The van der Waals surface area contributed by atoms with Crippen molar-refractivity contribution in [2.75, 3.05) is 6.61 Å². The SMILES string of the molecule is CCOC(=O)[C@]12C(=O)OC(C)(C)[C@@H]1[C@@]2(CC)C(=O)c1ccc(Cl)cc1. The average molecular weight is 365 g/mol. The zero-order valence-corrected chi connectivity index (χ0v) is 15.5. The van der Waals surface area contributed by atoms with E-state index in [1.54, 1.807) is 45.0 Å². The van der Waals surface area contributed by atoms with E-state index < -0.39 is 34.3 Å². The number of Topliss-reactive ketones (excluding diaryl/α,β-unsaturated/α-hetero) is 1. The first-order valence-corrected chi connectivity index (χ1v) is 8.79. The highest BCUT2D eigenvalue weighted by Crippen LogP contribution is 2.80. The predicted octanol–water partition coefficient (Wildman–Crippen LogP) is 3.43. The van der Waals surface area contributed by atoms with Crippen LogP contribution in [0.4, 0.5) is 0 Å². The Labute approximate surface area is 151 Å². The number of ether oxygens (including phenoxy) is 2. The molecule has 134 valence electrons. The molecule has 0 N–H and O–H groups in total. The summed E-state index contributed by atoms with van der Waals surface area (Å²) in [5.41, 5.74) is -3.20. The van der Waals surface area contributed by atoms with Crippen LogP contribution in [0, 0.1) is 16.7 Å². The van der Waals surface area contributed by atoms with Gasteiger partial charge in [0.15, 0.2) is 11.2 Å². The molecule has 0 aromatic heterocycles. The number of hydrogen-bond acceptors (Lipinski definition) is 5. The lowest BCUT2D eigenvalue weighted by Gasteiger charge is -2.28. The van der Waals surface area contributed by atoms with Crippen LogP contribution in [0.2, 0.25) is 5.02 Å². The maximum atomic E-state index is 13.4. The largest absolute Gasteiger partial charge is 0.465 e. The van der Waals surface area contributed by atoms with Gasteiger partial charge in [0, 0.05) is 16.5 Å². The van der Waals surface area contributed by atoms with E-state index in [-0.39, 0.29) is 12.4 Å². The van der Waals surface area contributed by atoms with Crippen molar-refractivity contribution in [2.45, 2.75) is 39.7 Å². The number of fused-ring (bicyclic) bond motifs is 1. The molecule has 3 atom stereocenters. The molecule has 0 spiro atoms. The van der Waals surface area contributed by atoms with Gasteiger partial charge in [0.25, 0.3) is 0 Å². The third-order valence-electron chi connectivity index (χ3n) is 5.59. The van der Waals surface area contributed by atoms with Gasteiger partial charge in [-0.25, -0.2) is 0 Å². The number of hydrogen-bond donors (Lipinski definition) is 0. The average Bonchev–Trinajstić information content (AvgIpc) is 3.15. The highest BCUT2D eigenvalue weighted by Gasteiger charge is 2.95. The van der Waals surface area contributed by atoms with E-state index in [4.69, 9.17) is 21.1 Å². The summed E-state index contributed by atoms with van der Waals surface area (Å²) in [6, 6.07) is 6.48. The Balaban J connectivity index is 2.14. The van der Waals surface area contributed by atoms with Gasteiger partial charge in [0.05, 0.1) is 12.0 Å². The summed E-state index contributed by atoms with van der Waals surface area (Å²) in [6.07, 6.45) is 0.344. The number of rotatable bonds is 5. The van der Waals surface area contributed by atoms with E-state index in [1.165, 1.54) is 0 Å². The monoisotopic (exact) mass is 364 g/mol. The zero-order chi connectivity index (χ0) is 18.6. The lowest BCUT2D eigenvalue weighted by molar-refractivity contribution is -0.166. The van der Waals surface area contributed by atoms with Crippen LogP contribution in [0.1, 0.15) is 44.5 Å². The first-order chi connectivity index (χ1) is 11.7. The minimum absolute atomic E-state index is 0.135. The van der Waals surface area contributed by atoms with Crippen LogP contribution >= 0.6 is 11.6 Å². The molecule has 1 saturated heterocycles. The Morgan fingerprint density at radius 2 is 1.80 bits per heavy atom. The fraction of sp³-hybridized carbons (Fsp3) is 0.526. The molecule has 0 amide bonds. The Bertz CT molecular complexity index is 754. The van der Waals surface area contributed by atoms with Gasteiger partial charge in [-0.05, 0) is 51.5 Å². The smallest absolute Gasteiger partial charge is 0.325 e. The van der Waals surface area contributed by atoms with Crippen molar-refractivity contribution in [1.82, 2.24) is 0 Å². The fourth-order valence-electron chi connectivity index (χ4n) is 4.77. The van der Waals surface area contributed by atoms with Gasteiger partial charge in [-0.2, -0.15) is 0 Å². The summed E-state index contributed by atoms with van der Waals surface area (Å²) in [5, 5.41) is 0.512. The van der Waals surface area contributed by atoms with Crippen LogP contribution in [-0.4, -0.2) is 29.9 Å². The van der Waals surface area contributed by atoms with Gasteiger partial charge in [-0.15, -0.1) is 0 Å². The molecule has 0 unspecified atom stereocenters. The number of ketones is 1. The van der Waals surface area contributed by atoms with E-state index in [0.29, 0.717) is 17.0 Å². The van der Waals surface area contributed by atoms with Crippen LogP contribution in [0.25, 0.3) is 0 Å². The number of halogens is 1. The Morgan fingerprint density at radius 3 is 2.32 bits per heavy atom. The molecule has 1 saturated carbocycles. The second-order valence-corrected chi connectivity index (χ2v) is 7.55. The molecular formula is C19H21ClO5. The van der Waals surface area contributed by atoms with E-state index in [9.17, 15) is 14.4 Å². The summed E-state index contributed by atoms with van der Waals surface area (Å²) >= 11 is 5.90. The molecule has 0 bridgehead atoms. The summed E-state index contributed by atoms with van der Waals surface area (Å²) in [7, 11) is 0. The Morgan fingerprint density at radius 1 is 1.20 bits per heavy atom. The number of carbonyl (C=O) groups excluding carboxylic acids is 3. The highest BCUT2D eigenvalue weighted by atomic mass is 35.5. The molecule has 5 nitrogen and oxygen atoms in total. The van der Waals surface area contributed by atoms with Crippen molar-refractivity contribution in [3.8, 4) is 0 Å². The van der Waals surface area contributed by atoms with Crippen LogP contribution < -0.4 is 0 Å². The Kier molecular flexibility index (Phi) is 3.99.